The van der Waals surface area contributed by atoms with Crippen LogP contribution in [0.1, 0.15) is 24.6 Å². The molecule has 6 rings (SSSR count). The molecule has 2 aliphatic rings. The van der Waals surface area contributed by atoms with Crippen LogP contribution in [0.3, 0.4) is 0 Å². The van der Waals surface area contributed by atoms with E-state index in [2.05, 4.69) is 38.3 Å². The zero-order chi connectivity index (χ0) is 24.3. The highest BCUT2D eigenvalue weighted by Crippen LogP contribution is 2.55. The molecule has 9 nitrogen and oxygen atoms in total. The Kier molecular flexibility index (Phi) is 4.93. The van der Waals surface area contributed by atoms with Crippen molar-refractivity contribution in [2.45, 2.75) is 25.8 Å². The summed E-state index contributed by atoms with van der Waals surface area (Å²) in [6, 6.07) is 4.34. The van der Waals surface area contributed by atoms with Crippen LogP contribution in [0.2, 0.25) is 5.02 Å². The van der Waals surface area contributed by atoms with Crippen molar-refractivity contribution in [1.82, 2.24) is 34.8 Å². The Hall–Kier alpha value is -3.72. The van der Waals surface area contributed by atoms with Gasteiger partial charge in [-0.05, 0) is 38.0 Å². The highest BCUT2D eigenvalue weighted by Gasteiger charge is 2.54. The minimum atomic E-state index is 0.00118. The van der Waals surface area contributed by atoms with E-state index in [4.69, 9.17) is 21.4 Å². The van der Waals surface area contributed by atoms with Crippen molar-refractivity contribution < 1.29 is 9.53 Å². The van der Waals surface area contributed by atoms with Gasteiger partial charge in [0.25, 0.3) is 0 Å². The normalized spacial score (nSPS) is 16.8. The number of fused-ring (bicyclic) bond motifs is 1. The molecule has 1 saturated heterocycles. The Labute approximate surface area is 206 Å². The number of carbonyl (C=O) groups is 1. The van der Waals surface area contributed by atoms with E-state index in [0.717, 1.165) is 64.9 Å². The number of halogens is 1. The van der Waals surface area contributed by atoms with E-state index < -0.39 is 0 Å². The molecule has 35 heavy (non-hydrogen) atoms. The van der Waals surface area contributed by atoms with Gasteiger partial charge in [0, 0.05) is 63.7 Å². The summed E-state index contributed by atoms with van der Waals surface area (Å²) in [4.78, 5) is 22.4. The number of aromatic amines is 1. The van der Waals surface area contributed by atoms with Crippen LogP contribution in [0.25, 0.3) is 33.3 Å². The lowest BCUT2D eigenvalue weighted by Crippen LogP contribution is -2.63. The summed E-state index contributed by atoms with van der Waals surface area (Å²) < 4.78 is 7.24. The lowest BCUT2D eigenvalue weighted by atomic mass is 9.60. The highest BCUT2D eigenvalue weighted by molar-refractivity contribution is 6.35. The van der Waals surface area contributed by atoms with E-state index in [1.165, 1.54) is 13.2 Å². The molecule has 4 aromatic rings. The lowest BCUT2D eigenvalue weighted by molar-refractivity contribution is -0.149. The summed E-state index contributed by atoms with van der Waals surface area (Å²) in [5.74, 6) is 0.00118. The van der Waals surface area contributed by atoms with E-state index in [1.54, 1.807) is 18.6 Å². The quantitative estimate of drug-likeness (QED) is 0.421. The van der Waals surface area contributed by atoms with E-state index in [-0.39, 0.29) is 17.4 Å². The Morgan fingerprint density at radius 1 is 1.23 bits per heavy atom. The Bertz CT molecular complexity index is 1460. The monoisotopic (exact) mass is 489 g/mol. The first kappa shape index (κ1) is 21.8. The van der Waals surface area contributed by atoms with E-state index >= 15 is 0 Å². The fraction of sp³-hybridized carbons (Fsp3) is 0.320. The highest BCUT2D eigenvalue weighted by atomic mass is 35.5. The number of benzene rings is 1. The molecule has 1 amide bonds. The van der Waals surface area contributed by atoms with Crippen molar-refractivity contribution in [3.05, 3.63) is 54.1 Å². The number of methoxy groups -OCH3 is 1. The van der Waals surface area contributed by atoms with Crippen LogP contribution in [-0.2, 0) is 4.79 Å². The van der Waals surface area contributed by atoms with E-state index in [1.807, 2.05) is 17.0 Å². The molecular weight excluding hydrogens is 466 g/mol. The molecule has 0 bridgehead atoms. The van der Waals surface area contributed by atoms with Gasteiger partial charge in [-0.1, -0.05) is 18.2 Å². The van der Waals surface area contributed by atoms with Crippen LogP contribution >= 0.6 is 11.6 Å². The average Bonchev–Trinajstić information content (AvgIpc) is 3.42. The molecule has 0 atom stereocenters. The third kappa shape index (κ3) is 3.33. The number of hydrogen-bond donors (Lipinski definition) is 1. The zero-order valence-electron chi connectivity index (χ0n) is 19.5. The van der Waals surface area contributed by atoms with Gasteiger partial charge in [0.05, 0.1) is 24.9 Å². The molecule has 178 valence electrons. The third-order valence-corrected chi connectivity index (χ3v) is 7.59. The maximum atomic E-state index is 11.9. The molecule has 1 spiro atoms. The second-order valence-electron chi connectivity index (χ2n) is 9.43. The summed E-state index contributed by atoms with van der Waals surface area (Å²) in [6.07, 6.45) is 8.56. The van der Waals surface area contributed by atoms with Gasteiger partial charge in [-0.15, -0.1) is 0 Å². The van der Waals surface area contributed by atoms with Crippen molar-refractivity contribution in [3.8, 4) is 28.4 Å². The predicted molar refractivity (Wildman–Crippen MR) is 132 cm³/mol. The topological polar surface area (TPSA) is 102 Å². The van der Waals surface area contributed by atoms with Crippen LogP contribution in [0.5, 0.6) is 6.01 Å². The lowest BCUT2D eigenvalue weighted by Gasteiger charge is -2.58. The van der Waals surface area contributed by atoms with E-state index in [9.17, 15) is 4.79 Å². The van der Waals surface area contributed by atoms with Crippen LogP contribution in [-0.4, -0.2) is 61.0 Å². The van der Waals surface area contributed by atoms with Crippen LogP contribution in [0.4, 0.5) is 0 Å². The van der Waals surface area contributed by atoms with Crippen molar-refractivity contribution in [1.29, 1.82) is 0 Å². The molecular formula is C25H24ClN7O2. The summed E-state index contributed by atoms with van der Waals surface area (Å²) in [5, 5.41) is 13.9. The SMILES string of the molecule is C=CC(=O)N1CC2(CC(n3nc(-c4cnc(OC)nc4)c(-c4c(Cl)ccc5[nH]ncc45)c3C)C2)C1. The number of likely N-dealkylation sites (tertiary alicyclic amines) is 1. The summed E-state index contributed by atoms with van der Waals surface area (Å²) in [7, 11) is 1.54. The van der Waals surface area contributed by atoms with Crippen molar-refractivity contribution >= 4 is 28.4 Å². The van der Waals surface area contributed by atoms with Gasteiger partial charge < -0.3 is 9.64 Å². The number of H-pyrrole nitrogens is 1. The standard InChI is InChI=1S/C25H24ClN7O2/c1-4-20(34)32-12-25(13-32)7-16(8-25)33-14(2)21(22-17-11-29-30-19(17)6-5-18(22)26)23(31-33)15-9-27-24(35-3)28-10-15/h4-6,9-11,16H,1,7-8,12-13H2,2-3H3,(H,29,30). The van der Waals surface area contributed by atoms with Gasteiger partial charge >= 0.3 is 6.01 Å². The Balaban J connectivity index is 1.42. The largest absolute Gasteiger partial charge is 0.467 e. The Morgan fingerprint density at radius 3 is 2.66 bits per heavy atom. The minimum absolute atomic E-state index is 0.00118. The second-order valence-corrected chi connectivity index (χ2v) is 9.83. The number of aromatic nitrogens is 6. The minimum Gasteiger partial charge on any atom is -0.467 e. The van der Waals surface area contributed by atoms with E-state index in [0.29, 0.717) is 11.0 Å². The fourth-order valence-corrected chi connectivity index (χ4v) is 5.84. The Morgan fingerprint density at radius 2 is 1.97 bits per heavy atom. The maximum Gasteiger partial charge on any atom is 0.316 e. The van der Waals surface area contributed by atoms with Gasteiger partial charge in [0.1, 0.15) is 5.69 Å². The smallest absolute Gasteiger partial charge is 0.316 e. The molecule has 0 radical (unpaired) electrons. The molecule has 1 N–H and O–H groups in total. The third-order valence-electron chi connectivity index (χ3n) is 7.28. The molecule has 1 aliphatic carbocycles. The first-order valence-electron chi connectivity index (χ1n) is 11.4. The zero-order valence-corrected chi connectivity index (χ0v) is 20.2. The van der Waals surface area contributed by atoms with Crippen LogP contribution in [0.15, 0.2) is 43.4 Å². The number of rotatable bonds is 5. The molecule has 10 heteroatoms. The van der Waals surface area contributed by atoms with Crippen molar-refractivity contribution in [2.75, 3.05) is 20.2 Å². The number of nitrogens with one attached hydrogen (secondary N) is 1. The van der Waals surface area contributed by atoms with Gasteiger partial charge in [-0.25, -0.2) is 9.97 Å². The molecule has 2 fully saturated rings. The molecule has 1 aliphatic heterocycles. The average molecular weight is 490 g/mol. The summed E-state index contributed by atoms with van der Waals surface area (Å²) >= 11 is 6.77. The van der Waals surface area contributed by atoms with Gasteiger partial charge in [-0.3, -0.25) is 14.6 Å². The predicted octanol–water partition coefficient (Wildman–Crippen LogP) is 4.20. The van der Waals surface area contributed by atoms with Gasteiger partial charge in [0.15, 0.2) is 0 Å². The van der Waals surface area contributed by atoms with Crippen molar-refractivity contribution in [3.63, 3.8) is 0 Å². The number of carbonyl (C=O) groups excluding carboxylic acids is 1. The molecule has 0 unspecified atom stereocenters. The number of amides is 1. The van der Waals surface area contributed by atoms with Gasteiger partial charge in [0.2, 0.25) is 5.91 Å². The number of nitrogens with zero attached hydrogens (tertiary/aromatic N) is 6. The fourth-order valence-electron chi connectivity index (χ4n) is 5.58. The maximum absolute atomic E-state index is 11.9. The second kappa shape index (κ2) is 7.91. The van der Waals surface area contributed by atoms with Gasteiger partial charge in [-0.2, -0.15) is 10.2 Å². The van der Waals surface area contributed by atoms with Crippen LogP contribution < -0.4 is 4.74 Å². The first-order chi connectivity index (χ1) is 16.9. The number of hydrogen-bond acceptors (Lipinski definition) is 6. The summed E-state index contributed by atoms with van der Waals surface area (Å²) in [5.41, 5.74) is 5.45. The molecule has 3 aromatic heterocycles. The molecule has 4 heterocycles. The summed E-state index contributed by atoms with van der Waals surface area (Å²) in [6.45, 7) is 7.23. The van der Waals surface area contributed by atoms with Crippen LogP contribution in [0, 0.1) is 12.3 Å². The number of ether oxygens (including phenoxy) is 1. The molecule has 1 aromatic carbocycles. The van der Waals surface area contributed by atoms with Crippen molar-refractivity contribution in [2.24, 2.45) is 5.41 Å². The molecule has 1 saturated carbocycles. The first-order valence-corrected chi connectivity index (χ1v) is 11.8.